The normalized spacial score (nSPS) is 12.8. The third kappa shape index (κ3) is 4.57. The molecule has 0 fully saturated rings. The van der Waals surface area contributed by atoms with Gasteiger partial charge in [-0.25, -0.2) is 0 Å². The molecule has 0 aliphatic carbocycles. The Labute approximate surface area is 102 Å². The predicted octanol–water partition coefficient (Wildman–Crippen LogP) is 1.46. The first-order chi connectivity index (χ1) is 7.61. The van der Waals surface area contributed by atoms with Gasteiger partial charge in [0.05, 0.1) is 5.94 Å². The number of nitrogens with one attached hydrogen (secondary N) is 1. The molecule has 0 saturated heterocycles. The Morgan fingerprint density at radius 3 is 2.38 bits per heavy atom. The van der Waals surface area contributed by atoms with Crippen molar-refractivity contribution in [1.29, 1.82) is 0 Å². The summed E-state index contributed by atoms with van der Waals surface area (Å²) in [6.45, 7) is 3.92. The maximum atomic E-state index is 9.16. The second-order valence-electron chi connectivity index (χ2n) is 4.08. The number of hydrogen-bond acceptors (Lipinski definition) is 4. The predicted molar refractivity (Wildman–Crippen MR) is 69.7 cm³/mol. The number of benzene rings is 1. The van der Waals surface area contributed by atoms with Gasteiger partial charge in [-0.2, -0.15) is 0 Å². The van der Waals surface area contributed by atoms with Crippen LogP contribution >= 0.6 is 11.9 Å². The van der Waals surface area contributed by atoms with Gasteiger partial charge in [0, 0.05) is 5.75 Å². The van der Waals surface area contributed by atoms with Crippen LogP contribution in [0.3, 0.4) is 0 Å². The van der Waals surface area contributed by atoms with Gasteiger partial charge < -0.3 is 10.0 Å². The van der Waals surface area contributed by atoms with Gasteiger partial charge in [-0.05, 0) is 11.5 Å². The molecule has 1 aromatic rings. The smallest absolute Gasteiger partial charge is 0.426 e. The highest BCUT2D eigenvalue weighted by Gasteiger charge is 2.26. The topological polar surface area (TPSA) is 52.5 Å². The molecule has 1 atom stereocenters. The standard InChI is InChI=1S/C11H18BNO2S/c1-9(2)11(12(14)15)13-16-8-10-6-4-3-5-7-10/h3-7,9,11,13-15H,8H2,1-2H3. The summed E-state index contributed by atoms with van der Waals surface area (Å²) in [5, 5.41) is 18.3. The molecular formula is C11H18BNO2S. The molecule has 0 heterocycles. The Hall–Kier alpha value is -0.485. The molecule has 0 radical (unpaired) electrons. The summed E-state index contributed by atoms with van der Waals surface area (Å²) < 4.78 is 3.08. The van der Waals surface area contributed by atoms with Gasteiger partial charge in [0.15, 0.2) is 0 Å². The van der Waals surface area contributed by atoms with Crippen molar-refractivity contribution < 1.29 is 10.0 Å². The Kier molecular flexibility index (Phi) is 5.91. The van der Waals surface area contributed by atoms with Crippen molar-refractivity contribution in [2.24, 2.45) is 5.92 Å². The van der Waals surface area contributed by atoms with Crippen LogP contribution in [-0.4, -0.2) is 23.1 Å². The SMILES string of the molecule is CC(C)C(NSCc1ccccc1)B(O)O. The van der Waals surface area contributed by atoms with Crippen LogP contribution in [0.4, 0.5) is 0 Å². The quantitative estimate of drug-likeness (QED) is 0.519. The molecule has 0 amide bonds. The summed E-state index contributed by atoms with van der Waals surface area (Å²) in [7, 11) is -1.32. The summed E-state index contributed by atoms with van der Waals surface area (Å²) in [5.41, 5.74) is 1.22. The molecule has 3 N–H and O–H groups in total. The van der Waals surface area contributed by atoms with E-state index >= 15 is 0 Å². The summed E-state index contributed by atoms with van der Waals surface area (Å²) in [6, 6.07) is 10.1. The molecule has 16 heavy (non-hydrogen) atoms. The van der Waals surface area contributed by atoms with Crippen LogP contribution in [0.2, 0.25) is 0 Å². The first kappa shape index (κ1) is 13.6. The van der Waals surface area contributed by atoms with Crippen LogP contribution in [0.15, 0.2) is 30.3 Å². The monoisotopic (exact) mass is 239 g/mol. The van der Waals surface area contributed by atoms with Crippen molar-refractivity contribution in [2.45, 2.75) is 25.5 Å². The lowest BCUT2D eigenvalue weighted by molar-refractivity contribution is 0.358. The van der Waals surface area contributed by atoms with E-state index in [0.29, 0.717) is 0 Å². The molecule has 1 unspecified atom stereocenters. The third-order valence-electron chi connectivity index (χ3n) is 2.34. The number of rotatable bonds is 6. The minimum atomic E-state index is -1.32. The lowest BCUT2D eigenvalue weighted by atomic mass is 9.74. The Balaban J connectivity index is 2.34. The molecule has 1 rings (SSSR count). The maximum absolute atomic E-state index is 9.16. The summed E-state index contributed by atoms with van der Waals surface area (Å²) in [5.74, 6) is 0.702. The molecule has 0 aliphatic rings. The zero-order chi connectivity index (χ0) is 12.0. The van der Waals surface area contributed by atoms with Gasteiger partial charge in [0.25, 0.3) is 0 Å². The van der Waals surface area contributed by atoms with E-state index in [1.54, 1.807) is 0 Å². The summed E-state index contributed by atoms with van der Waals surface area (Å²) in [6.07, 6.45) is 0. The van der Waals surface area contributed by atoms with Gasteiger partial charge in [-0.1, -0.05) is 56.1 Å². The first-order valence-electron chi connectivity index (χ1n) is 5.38. The fraction of sp³-hybridized carbons (Fsp3) is 0.455. The van der Waals surface area contributed by atoms with Crippen LogP contribution in [-0.2, 0) is 5.75 Å². The van der Waals surface area contributed by atoms with Crippen LogP contribution in [0.5, 0.6) is 0 Å². The average molecular weight is 239 g/mol. The highest BCUT2D eigenvalue weighted by molar-refractivity contribution is 7.96. The minimum absolute atomic E-state index is 0.184. The van der Waals surface area contributed by atoms with Gasteiger partial charge in [0.1, 0.15) is 0 Å². The lowest BCUT2D eigenvalue weighted by Crippen LogP contribution is -2.44. The summed E-state index contributed by atoms with van der Waals surface area (Å²) in [4.78, 5) is 0. The van der Waals surface area contributed by atoms with Crippen molar-refractivity contribution >= 4 is 19.1 Å². The van der Waals surface area contributed by atoms with Gasteiger partial charge in [0.2, 0.25) is 0 Å². The zero-order valence-corrected chi connectivity index (χ0v) is 10.4. The molecule has 1 aromatic carbocycles. The summed E-state index contributed by atoms with van der Waals surface area (Å²) >= 11 is 1.50. The maximum Gasteiger partial charge on any atom is 0.470 e. The van der Waals surface area contributed by atoms with Crippen LogP contribution in [0.25, 0.3) is 0 Å². The Morgan fingerprint density at radius 1 is 1.25 bits per heavy atom. The van der Waals surface area contributed by atoms with Crippen molar-refractivity contribution in [1.82, 2.24) is 4.72 Å². The van der Waals surface area contributed by atoms with Crippen LogP contribution in [0.1, 0.15) is 19.4 Å². The second kappa shape index (κ2) is 6.96. The van der Waals surface area contributed by atoms with E-state index in [0.717, 1.165) is 5.75 Å². The van der Waals surface area contributed by atoms with E-state index in [9.17, 15) is 0 Å². The molecule has 3 nitrogen and oxygen atoms in total. The first-order valence-corrected chi connectivity index (χ1v) is 6.37. The van der Waals surface area contributed by atoms with E-state index in [4.69, 9.17) is 10.0 Å². The van der Waals surface area contributed by atoms with Gasteiger partial charge in [-0.15, -0.1) is 0 Å². The molecule has 88 valence electrons. The number of hydrogen-bond donors (Lipinski definition) is 3. The van der Waals surface area contributed by atoms with Crippen molar-refractivity contribution in [3.63, 3.8) is 0 Å². The highest BCUT2D eigenvalue weighted by Crippen LogP contribution is 2.12. The van der Waals surface area contributed by atoms with Crippen molar-refractivity contribution in [3.05, 3.63) is 35.9 Å². The Morgan fingerprint density at radius 2 is 1.88 bits per heavy atom. The molecule has 0 aromatic heterocycles. The van der Waals surface area contributed by atoms with E-state index in [2.05, 4.69) is 16.9 Å². The molecule has 5 heteroatoms. The molecule has 0 aliphatic heterocycles. The fourth-order valence-corrected chi connectivity index (χ4v) is 2.37. The van der Waals surface area contributed by atoms with E-state index in [1.165, 1.54) is 17.5 Å². The van der Waals surface area contributed by atoms with Gasteiger partial charge in [-0.3, -0.25) is 4.72 Å². The Bertz CT molecular complexity index is 287. The molecule has 0 spiro atoms. The second-order valence-corrected chi connectivity index (χ2v) is 4.89. The average Bonchev–Trinajstić information content (AvgIpc) is 2.24. The van der Waals surface area contributed by atoms with E-state index < -0.39 is 7.12 Å². The van der Waals surface area contributed by atoms with Crippen molar-refractivity contribution in [2.75, 3.05) is 0 Å². The van der Waals surface area contributed by atoms with Crippen molar-refractivity contribution in [3.8, 4) is 0 Å². The largest absolute Gasteiger partial charge is 0.470 e. The van der Waals surface area contributed by atoms with E-state index in [1.807, 2.05) is 32.0 Å². The van der Waals surface area contributed by atoms with E-state index in [-0.39, 0.29) is 11.9 Å². The molecular weight excluding hydrogens is 221 g/mol. The molecule has 0 saturated carbocycles. The van der Waals surface area contributed by atoms with Gasteiger partial charge >= 0.3 is 7.12 Å². The lowest BCUT2D eigenvalue weighted by Gasteiger charge is -2.20. The zero-order valence-electron chi connectivity index (χ0n) is 9.63. The van der Waals surface area contributed by atoms with Crippen LogP contribution in [0, 0.1) is 5.92 Å². The highest BCUT2D eigenvalue weighted by atomic mass is 32.2. The molecule has 0 bridgehead atoms. The van der Waals surface area contributed by atoms with Crippen LogP contribution < -0.4 is 4.72 Å². The third-order valence-corrected chi connectivity index (χ3v) is 3.26. The minimum Gasteiger partial charge on any atom is -0.426 e. The fourth-order valence-electron chi connectivity index (χ4n) is 1.34.